The van der Waals surface area contributed by atoms with E-state index < -0.39 is 0 Å². The summed E-state index contributed by atoms with van der Waals surface area (Å²) >= 11 is 5.88. The molecule has 0 spiro atoms. The van der Waals surface area contributed by atoms with E-state index in [0.29, 0.717) is 16.6 Å². The maximum atomic E-state index is 14.1. The number of rotatable bonds is 6. The highest BCUT2D eigenvalue weighted by atomic mass is 32.1. The third-order valence-electron chi connectivity index (χ3n) is 6.60. The number of benzene rings is 2. The Morgan fingerprint density at radius 3 is 2.50 bits per heavy atom. The molecule has 1 aliphatic rings. The number of pyridine rings is 1. The van der Waals surface area contributed by atoms with E-state index in [2.05, 4.69) is 25.8 Å². The molecule has 1 N–H and O–H groups in total. The highest BCUT2D eigenvalue weighted by Crippen LogP contribution is 2.46. The van der Waals surface area contributed by atoms with Crippen LogP contribution in [0.4, 0.5) is 10.1 Å². The lowest BCUT2D eigenvalue weighted by Gasteiger charge is -2.29. The van der Waals surface area contributed by atoms with Crippen molar-refractivity contribution in [1.82, 2.24) is 14.9 Å². The first-order valence-corrected chi connectivity index (χ1v) is 12.0. The lowest BCUT2D eigenvalue weighted by Crippen LogP contribution is -2.30. The van der Waals surface area contributed by atoms with Gasteiger partial charge in [-0.1, -0.05) is 12.1 Å². The Morgan fingerprint density at radius 2 is 1.81 bits per heavy atom. The minimum absolute atomic E-state index is 0.216. The second-order valence-electron chi connectivity index (χ2n) is 8.68. The molecule has 4 aromatic rings. The van der Waals surface area contributed by atoms with Crippen molar-refractivity contribution in [2.24, 2.45) is 0 Å². The SMILES string of the molecule is COc1ccc(N2C(=S)N[C@H](c3ccccn3)[C@@H]2c2cc(C)n(-c3cccc(F)c3)c2C)c(OC)c1. The van der Waals surface area contributed by atoms with Crippen molar-refractivity contribution < 1.29 is 13.9 Å². The highest BCUT2D eigenvalue weighted by molar-refractivity contribution is 7.80. The molecule has 0 radical (unpaired) electrons. The molecule has 36 heavy (non-hydrogen) atoms. The van der Waals surface area contributed by atoms with E-state index in [4.69, 9.17) is 21.7 Å². The van der Waals surface area contributed by atoms with Gasteiger partial charge in [-0.3, -0.25) is 4.98 Å². The topological polar surface area (TPSA) is 51.5 Å². The van der Waals surface area contributed by atoms with Crippen LogP contribution < -0.4 is 19.7 Å². The second kappa shape index (κ2) is 9.62. The summed E-state index contributed by atoms with van der Waals surface area (Å²) in [4.78, 5) is 6.72. The van der Waals surface area contributed by atoms with Crippen LogP contribution in [0.3, 0.4) is 0 Å². The van der Waals surface area contributed by atoms with E-state index >= 15 is 0 Å². The third kappa shape index (κ3) is 4.07. The van der Waals surface area contributed by atoms with Crippen LogP contribution in [0.25, 0.3) is 5.69 Å². The van der Waals surface area contributed by atoms with Gasteiger partial charge < -0.3 is 24.3 Å². The Balaban J connectivity index is 1.70. The third-order valence-corrected chi connectivity index (χ3v) is 6.91. The number of hydrogen-bond acceptors (Lipinski definition) is 4. The molecule has 0 amide bonds. The van der Waals surface area contributed by atoms with Crippen molar-refractivity contribution >= 4 is 23.0 Å². The van der Waals surface area contributed by atoms with E-state index in [0.717, 1.165) is 34.0 Å². The van der Waals surface area contributed by atoms with Crippen LogP contribution in [0.1, 0.15) is 34.7 Å². The molecule has 8 heteroatoms. The van der Waals surface area contributed by atoms with Crippen LogP contribution in [-0.2, 0) is 0 Å². The minimum Gasteiger partial charge on any atom is -0.497 e. The van der Waals surface area contributed by atoms with Gasteiger partial charge in [-0.2, -0.15) is 0 Å². The van der Waals surface area contributed by atoms with Crippen molar-refractivity contribution in [2.75, 3.05) is 19.1 Å². The van der Waals surface area contributed by atoms with Crippen molar-refractivity contribution in [2.45, 2.75) is 25.9 Å². The van der Waals surface area contributed by atoms with Crippen LogP contribution in [0.2, 0.25) is 0 Å². The number of aromatic nitrogens is 2. The maximum Gasteiger partial charge on any atom is 0.174 e. The van der Waals surface area contributed by atoms with Gasteiger partial charge in [0.25, 0.3) is 0 Å². The summed E-state index contributed by atoms with van der Waals surface area (Å²) < 4.78 is 27.3. The molecule has 0 bridgehead atoms. The quantitative estimate of drug-likeness (QED) is 0.335. The Labute approximate surface area is 215 Å². The fourth-order valence-electron chi connectivity index (χ4n) is 5.01. The number of anilines is 1. The van der Waals surface area contributed by atoms with Gasteiger partial charge >= 0.3 is 0 Å². The van der Waals surface area contributed by atoms with Crippen molar-refractivity contribution in [3.63, 3.8) is 0 Å². The van der Waals surface area contributed by atoms with Crippen LogP contribution in [0.5, 0.6) is 11.5 Å². The molecular weight excluding hydrogens is 475 g/mol. The molecule has 5 rings (SSSR count). The zero-order chi connectivity index (χ0) is 25.4. The van der Waals surface area contributed by atoms with E-state index in [-0.39, 0.29) is 17.9 Å². The summed E-state index contributed by atoms with van der Waals surface area (Å²) in [6.07, 6.45) is 1.78. The van der Waals surface area contributed by atoms with Gasteiger partial charge in [0.05, 0.1) is 37.7 Å². The van der Waals surface area contributed by atoms with Crippen LogP contribution in [-0.4, -0.2) is 28.9 Å². The van der Waals surface area contributed by atoms with Gasteiger partial charge in [0.15, 0.2) is 5.11 Å². The molecular formula is C28H27FN4O2S. The number of halogens is 1. The molecule has 1 fully saturated rings. The van der Waals surface area contributed by atoms with Gasteiger partial charge in [0.2, 0.25) is 0 Å². The van der Waals surface area contributed by atoms with Crippen molar-refractivity contribution in [3.05, 3.63) is 101 Å². The van der Waals surface area contributed by atoms with Gasteiger partial charge in [0.1, 0.15) is 17.3 Å². The summed E-state index contributed by atoms with van der Waals surface area (Å²) in [6, 6.07) is 19.9. The molecule has 184 valence electrons. The van der Waals surface area contributed by atoms with Crippen LogP contribution in [0.15, 0.2) is 72.9 Å². The van der Waals surface area contributed by atoms with E-state index in [1.807, 2.05) is 56.3 Å². The number of hydrogen-bond donors (Lipinski definition) is 1. The van der Waals surface area contributed by atoms with Gasteiger partial charge in [-0.05, 0) is 80.2 Å². The van der Waals surface area contributed by atoms with Crippen LogP contribution in [0, 0.1) is 19.7 Å². The summed E-state index contributed by atoms with van der Waals surface area (Å²) in [5, 5.41) is 4.06. The standard InChI is InChI=1S/C28H27FN4O2S/c1-17-14-22(18(2)32(17)20-9-7-8-19(29)15-20)27-26(23-10-5-6-13-30-23)31-28(36)33(27)24-12-11-21(34-3)16-25(24)35-4/h5-16,26-27H,1-4H3,(H,31,36)/t26-,27+/m1/s1. The Bertz CT molecular complexity index is 1420. The Hall–Kier alpha value is -3.91. The van der Waals surface area contributed by atoms with Gasteiger partial charge in [-0.25, -0.2) is 4.39 Å². The monoisotopic (exact) mass is 502 g/mol. The first kappa shape index (κ1) is 23.8. The van der Waals surface area contributed by atoms with Crippen molar-refractivity contribution in [1.29, 1.82) is 0 Å². The number of ether oxygens (including phenoxy) is 2. The largest absolute Gasteiger partial charge is 0.497 e. The number of nitrogens with zero attached hydrogens (tertiary/aromatic N) is 3. The molecule has 2 aromatic heterocycles. The fraction of sp³-hybridized carbons (Fsp3) is 0.214. The zero-order valence-electron chi connectivity index (χ0n) is 20.5. The van der Waals surface area contributed by atoms with Gasteiger partial charge in [0, 0.05) is 29.3 Å². The van der Waals surface area contributed by atoms with E-state index in [9.17, 15) is 4.39 Å². The first-order chi connectivity index (χ1) is 17.4. The lowest BCUT2D eigenvalue weighted by molar-refractivity contribution is 0.394. The zero-order valence-corrected chi connectivity index (χ0v) is 21.3. The summed E-state index contributed by atoms with van der Waals surface area (Å²) in [7, 11) is 3.25. The average Bonchev–Trinajstić information content (AvgIpc) is 3.38. The number of aryl methyl sites for hydroxylation is 1. The van der Waals surface area contributed by atoms with E-state index in [1.165, 1.54) is 6.07 Å². The summed E-state index contributed by atoms with van der Waals surface area (Å²) in [6.45, 7) is 4.07. The number of methoxy groups -OCH3 is 2. The number of nitrogens with one attached hydrogen (secondary N) is 1. The molecule has 2 atom stereocenters. The molecule has 2 aromatic carbocycles. The van der Waals surface area contributed by atoms with Gasteiger partial charge in [-0.15, -0.1) is 0 Å². The smallest absolute Gasteiger partial charge is 0.174 e. The molecule has 0 unspecified atom stereocenters. The molecule has 1 saturated heterocycles. The normalized spacial score (nSPS) is 17.2. The predicted molar refractivity (Wildman–Crippen MR) is 143 cm³/mol. The molecule has 6 nitrogen and oxygen atoms in total. The summed E-state index contributed by atoms with van der Waals surface area (Å²) in [5.74, 6) is 1.06. The van der Waals surface area contributed by atoms with Crippen molar-refractivity contribution in [3.8, 4) is 17.2 Å². The molecule has 3 heterocycles. The van der Waals surface area contributed by atoms with Crippen LogP contribution >= 0.6 is 12.2 Å². The first-order valence-electron chi connectivity index (χ1n) is 11.6. The second-order valence-corrected chi connectivity index (χ2v) is 9.06. The number of thiocarbonyl (C=S) groups is 1. The predicted octanol–water partition coefficient (Wildman–Crippen LogP) is 5.82. The maximum absolute atomic E-state index is 14.1. The molecule has 1 aliphatic heterocycles. The Morgan fingerprint density at radius 1 is 0.972 bits per heavy atom. The molecule has 0 saturated carbocycles. The molecule has 0 aliphatic carbocycles. The average molecular weight is 503 g/mol. The van der Waals surface area contributed by atoms with E-state index in [1.54, 1.807) is 32.5 Å². The summed E-state index contributed by atoms with van der Waals surface area (Å²) in [5.41, 5.74) is 5.50. The fourth-order valence-corrected chi connectivity index (χ4v) is 5.35. The highest BCUT2D eigenvalue weighted by Gasteiger charge is 2.43. The lowest BCUT2D eigenvalue weighted by atomic mass is 9.96. The minimum atomic E-state index is -0.277. The Kier molecular flexibility index (Phi) is 6.36.